The molecule has 0 spiro atoms. The molecule has 0 bridgehead atoms. The summed E-state index contributed by atoms with van der Waals surface area (Å²) in [4.78, 5) is 42.8. The first-order valence-corrected chi connectivity index (χ1v) is 10.5. The first-order valence-electron chi connectivity index (χ1n) is 10.5. The Morgan fingerprint density at radius 1 is 1.03 bits per heavy atom. The molecule has 2 aromatic heterocycles. The van der Waals surface area contributed by atoms with Gasteiger partial charge in [-0.15, -0.1) is 0 Å². The largest absolute Gasteiger partial charge is 0.339 e. The van der Waals surface area contributed by atoms with Gasteiger partial charge in [0.1, 0.15) is 0 Å². The van der Waals surface area contributed by atoms with Crippen molar-refractivity contribution < 1.29 is 14.1 Å². The van der Waals surface area contributed by atoms with Crippen molar-refractivity contribution in [1.82, 2.24) is 15.1 Å². The second-order valence-corrected chi connectivity index (χ2v) is 7.77. The smallest absolute Gasteiger partial charge is 0.259 e. The predicted molar refractivity (Wildman–Crippen MR) is 125 cm³/mol. The maximum absolute atomic E-state index is 12.4. The van der Waals surface area contributed by atoms with Gasteiger partial charge in [-0.25, -0.2) is 0 Å². The second-order valence-electron chi connectivity index (χ2n) is 7.77. The molecule has 0 unspecified atom stereocenters. The lowest BCUT2D eigenvalue weighted by atomic mass is 10.1. The van der Waals surface area contributed by atoms with Gasteiger partial charge >= 0.3 is 0 Å². The van der Waals surface area contributed by atoms with Crippen molar-refractivity contribution in [3.8, 4) is 11.4 Å². The SMILES string of the molecule is CC(=O)Nc1ccc(NC(=O)CCCc2nc(-c3cc4cc(C)ccc4[nH]c3=O)no2)cc1. The number of hydrogen-bond donors (Lipinski definition) is 3. The number of pyridine rings is 1. The van der Waals surface area contributed by atoms with Crippen LogP contribution in [0.2, 0.25) is 0 Å². The molecule has 0 fully saturated rings. The van der Waals surface area contributed by atoms with Gasteiger partial charge in [0, 0.05) is 36.7 Å². The Morgan fingerprint density at radius 3 is 2.48 bits per heavy atom. The number of anilines is 2. The average Bonchev–Trinajstić information content (AvgIpc) is 3.23. The minimum atomic E-state index is -0.289. The zero-order valence-corrected chi connectivity index (χ0v) is 18.3. The van der Waals surface area contributed by atoms with E-state index in [1.54, 1.807) is 30.3 Å². The highest BCUT2D eigenvalue weighted by molar-refractivity contribution is 5.92. The topological polar surface area (TPSA) is 130 Å². The zero-order valence-electron chi connectivity index (χ0n) is 18.3. The summed E-state index contributed by atoms with van der Waals surface area (Å²) in [6.07, 6.45) is 1.18. The third-order valence-electron chi connectivity index (χ3n) is 4.99. The minimum absolute atomic E-state index is 0.150. The van der Waals surface area contributed by atoms with Crippen LogP contribution in [0.5, 0.6) is 0 Å². The van der Waals surface area contributed by atoms with Gasteiger partial charge in [-0.3, -0.25) is 14.4 Å². The van der Waals surface area contributed by atoms with E-state index in [0.717, 1.165) is 16.5 Å². The van der Waals surface area contributed by atoms with Gasteiger partial charge in [0.2, 0.25) is 23.5 Å². The number of carbonyl (C=O) groups is 2. The van der Waals surface area contributed by atoms with Crippen LogP contribution in [-0.4, -0.2) is 26.9 Å². The summed E-state index contributed by atoms with van der Waals surface area (Å²) in [6.45, 7) is 3.41. The number of carbonyl (C=O) groups excluding carboxylic acids is 2. The molecule has 4 rings (SSSR count). The van der Waals surface area contributed by atoms with Crippen LogP contribution in [0.1, 0.15) is 31.2 Å². The van der Waals surface area contributed by atoms with Crippen LogP contribution in [0.3, 0.4) is 0 Å². The highest BCUT2D eigenvalue weighted by Crippen LogP contribution is 2.19. The fourth-order valence-electron chi connectivity index (χ4n) is 3.42. The van der Waals surface area contributed by atoms with Crippen LogP contribution >= 0.6 is 0 Å². The van der Waals surface area contributed by atoms with Crippen molar-refractivity contribution in [2.75, 3.05) is 10.6 Å². The molecule has 9 heteroatoms. The third-order valence-corrected chi connectivity index (χ3v) is 4.99. The fourth-order valence-corrected chi connectivity index (χ4v) is 3.42. The van der Waals surface area contributed by atoms with Gasteiger partial charge in [0.25, 0.3) is 5.56 Å². The fraction of sp³-hybridized carbons (Fsp3) is 0.208. The first kappa shape index (κ1) is 21.9. The summed E-state index contributed by atoms with van der Waals surface area (Å²) in [5.74, 6) is 0.277. The van der Waals surface area contributed by atoms with Crippen LogP contribution < -0.4 is 16.2 Å². The number of benzene rings is 2. The number of nitrogens with one attached hydrogen (secondary N) is 3. The quantitative estimate of drug-likeness (QED) is 0.397. The Morgan fingerprint density at radius 2 is 1.76 bits per heavy atom. The number of aryl methyl sites for hydroxylation is 2. The molecular formula is C24H23N5O4. The molecule has 168 valence electrons. The maximum Gasteiger partial charge on any atom is 0.259 e. The van der Waals surface area contributed by atoms with Gasteiger partial charge in [-0.1, -0.05) is 16.8 Å². The van der Waals surface area contributed by atoms with Gasteiger partial charge in [-0.05, 0) is 61.2 Å². The Bertz CT molecular complexity index is 1370. The number of amides is 2. The lowest BCUT2D eigenvalue weighted by Crippen LogP contribution is -2.12. The minimum Gasteiger partial charge on any atom is -0.339 e. The van der Waals surface area contributed by atoms with Crippen molar-refractivity contribution in [2.45, 2.75) is 33.1 Å². The van der Waals surface area contributed by atoms with Gasteiger partial charge in [0.05, 0.1) is 5.56 Å². The van der Waals surface area contributed by atoms with E-state index in [-0.39, 0.29) is 29.6 Å². The van der Waals surface area contributed by atoms with E-state index in [1.807, 2.05) is 25.1 Å². The highest BCUT2D eigenvalue weighted by Gasteiger charge is 2.14. The Balaban J connectivity index is 1.33. The number of fused-ring (bicyclic) bond motifs is 1. The number of rotatable bonds is 7. The van der Waals surface area contributed by atoms with Crippen molar-refractivity contribution in [1.29, 1.82) is 0 Å². The van der Waals surface area contributed by atoms with Crippen LogP contribution in [-0.2, 0) is 16.0 Å². The van der Waals surface area contributed by atoms with Crippen LogP contribution in [0, 0.1) is 6.92 Å². The molecule has 0 atom stereocenters. The Kier molecular flexibility index (Phi) is 6.30. The summed E-state index contributed by atoms with van der Waals surface area (Å²) in [5.41, 5.74) is 3.17. The lowest BCUT2D eigenvalue weighted by molar-refractivity contribution is -0.116. The van der Waals surface area contributed by atoms with Gasteiger partial charge in [0.15, 0.2) is 0 Å². The summed E-state index contributed by atoms with van der Waals surface area (Å²) in [6, 6.07) is 14.4. The summed E-state index contributed by atoms with van der Waals surface area (Å²) >= 11 is 0. The highest BCUT2D eigenvalue weighted by atomic mass is 16.5. The molecule has 4 aromatic rings. The van der Waals surface area contributed by atoms with E-state index in [0.29, 0.717) is 35.7 Å². The van der Waals surface area contributed by atoms with Crippen LogP contribution in [0.15, 0.2) is 57.8 Å². The molecule has 33 heavy (non-hydrogen) atoms. The zero-order chi connectivity index (χ0) is 23.4. The number of aromatic nitrogens is 3. The summed E-state index contributed by atoms with van der Waals surface area (Å²) in [5, 5.41) is 10.3. The number of hydrogen-bond acceptors (Lipinski definition) is 6. The molecule has 3 N–H and O–H groups in total. The molecule has 0 aliphatic rings. The van der Waals surface area contributed by atoms with Crippen molar-refractivity contribution in [3.05, 3.63) is 70.3 Å². The second kappa shape index (κ2) is 9.47. The van der Waals surface area contributed by atoms with Crippen molar-refractivity contribution >= 4 is 34.1 Å². The molecule has 9 nitrogen and oxygen atoms in total. The van der Waals surface area contributed by atoms with Crippen molar-refractivity contribution in [2.24, 2.45) is 0 Å². The summed E-state index contributed by atoms with van der Waals surface area (Å²) in [7, 11) is 0. The van der Waals surface area contributed by atoms with Crippen LogP contribution in [0.4, 0.5) is 11.4 Å². The lowest BCUT2D eigenvalue weighted by Gasteiger charge is -2.06. The van der Waals surface area contributed by atoms with E-state index in [2.05, 4.69) is 25.8 Å². The molecule has 2 aromatic carbocycles. The number of H-pyrrole nitrogens is 1. The molecule has 0 radical (unpaired) electrons. The molecule has 0 saturated carbocycles. The number of nitrogens with zero attached hydrogens (tertiary/aromatic N) is 2. The molecule has 0 aliphatic carbocycles. The van der Waals surface area contributed by atoms with E-state index < -0.39 is 0 Å². The van der Waals surface area contributed by atoms with E-state index in [4.69, 9.17) is 4.52 Å². The van der Waals surface area contributed by atoms with Crippen LogP contribution in [0.25, 0.3) is 22.3 Å². The predicted octanol–water partition coefficient (Wildman–Crippen LogP) is 3.81. The van der Waals surface area contributed by atoms with Gasteiger partial charge in [-0.2, -0.15) is 4.98 Å². The molecule has 0 saturated heterocycles. The standard InChI is InChI=1S/C24H23N5O4/c1-14-6-11-20-16(12-14)13-19(24(32)27-20)23-28-22(33-29-23)5-3-4-21(31)26-18-9-7-17(8-10-18)25-15(2)30/h6-13H,3-5H2,1-2H3,(H,25,30)(H,26,31)(H,27,32). The van der Waals surface area contributed by atoms with E-state index in [1.165, 1.54) is 6.92 Å². The summed E-state index contributed by atoms with van der Waals surface area (Å²) < 4.78 is 5.27. The van der Waals surface area contributed by atoms with Gasteiger partial charge < -0.3 is 20.1 Å². The molecule has 2 heterocycles. The third kappa shape index (κ3) is 5.51. The Labute approximate surface area is 189 Å². The van der Waals surface area contributed by atoms with E-state index in [9.17, 15) is 14.4 Å². The number of aromatic amines is 1. The first-order chi connectivity index (χ1) is 15.9. The van der Waals surface area contributed by atoms with E-state index >= 15 is 0 Å². The maximum atomic E-state index is 12.4. The molecule has 0 aliphatic heterocycles. The van der Waals surface area contributed by atoms with Crippen molar-refractivity contribution in [3.63, 3.8) is 0 Å². The monoisotopic (exact) mass is 445 g/mol. The Hall–Kier alpha value is -4.27. The molecular weight excluding hydrogens is 422 g/mol. The normalized spacial score (nSPS) is 10.8. The molecule has 2 amide bonds. The average molecular weight is 445 g/mol.